The van der Waals surface area contributed by atoms with Crippen molar-refractivity contribution in [2.24, 2.45) is 0 Å². The van der Waals surface area contributed by atoms with Gasteiger partial charge < -0.3 is 47.4 Å². The summed E-state index contributed by atoms with van der Waals surface area (Å²) in [6, 6.07) is 37.9. The monoisotopic (exact) mass is 724 g/mol. The van der Waals surface area contributed by atoms with Crippen molar-refractivity contribution in [1.82, 2.24) is 0 Å². The van der Waals surface area contributed by atoms with E-state index in [2.05, 4.69) is 0 Å². The molecule has 2 fully saturated rings. The largest absolute Gasteiger partial charge is 0.497 e. The van der Waals surface area contributed by atoms with Crippen molar-refractivity contribution in [3.8, 4) is 5.75 Å². The molecule has 0 aromatic heterocycles. The number of methoxy groups -OCH3 is 2. The summed E-state index contributed by atoms with van der Waals surface area (Å²) in [5.74, 6) is 0.778. The van der Waals surface area contributed by atoms with E-state index in [9.17, 15) is 0 Å². The summed E-state index contributed by atoms with van der Waals surface area (Å²) in [6.07, 6.45) is 0.00857. The van der Waals surface area contributed by atoms with Crippen LogP contribution in [0.4, 0.5) is 0 Å². The molecule has 0 aliphatic carbocycles. The Labute approximate surface area is 311 Å². The fourth-order valence-electron chi connectivity index (χ4n) is 6.75. The molecule has 0 bridgehead atoms. The molecule has 280 valence electrons. The fraction of sp³-hybridized carbons (Fsp3) is 0.395. The van der Waals surface area contributed by atoms with Crippen LogP contribution in [0.25, 0.3) is 0 Å². The van der Waals surface area contributed by atoms with Crippen LogP contribution in [0.1, 0.15) is 35.0 Å². The number of hydrogen-bond acceptors (Lipinski definition) is 10. The third-order valence-corrected chi connectivity index (χ3v) is 9.58. The molecule has 9 atom stereocenters. The van der Waals surface area contributed by atoms with Gasteiger partial charge in [-0.1, -0.05) is 109 Å². The van der Waals surface area contributed by atoms with Gasteiger partial charge in [-0.25, -0.2) is 0 Å². The van der Waals surface area contributed by atoms with Crippen LogP contribution in [0.5, 0.6) is 5.75 Å². The Morgan fingerprint density at radius 2 is 1.17 bits per heavy atom. The molecule has 10 heteroatoms. The van der Waals surface area contributed by atoms with E-state index < -0.39 is 43.3 Å². The van der Waals surface area contributed by atoms with Gasteiger partial charge in [0.15, 0.2) is 18.9 Å². The Balaban J connectivity index is 1.03. The van der Waals surface area contributed by atoms with Crippen LogP contribution in [0.15, 0.2) is 127 Å². The van der Waals surface area contributed by atoms with Crippen LogP contribution in [0, 0.1) is 0 Å². The Hall–Kier alpha value is -3.94. The zero-order chi connectivity index (χ0) is 36.2. The second kappa shape index (κ2) is 18.9. The van der Waals surface area contributed by atoms with Gasteiger partial charge in [0.1, 0.15) is 36.3 Å². The van der Waals surface area contributed by atoms with Gasteiger partial charge in [-0.2, -0.15) is 0 Å². The van der Waals surface area contributed by atoms with Crippen LogP contribution in [-0.2, 0) is 62.5 Å². The van der Waals surface area contributed by atoms with Gasteiger partial charge >= 0.3 is 0 Å². The third kappa shape index (κ3) is 9.98. The molecular weight excluding hydrogens is 676 g/mol. The minimum absolute atomic E-state index is 0.258. The van der Waals surface area contributed by atoms with Gasteiger partial charge in [-0.15, -0.1) is 0 Å². The molecule has 0 saturated carbocycles. The van der Waals surface area contributed by atoms with Crippen molar-refractivity contribution in [3.63, 3.8) is 0 Å². The normalized spacial score (nSPS) is 28.3. The van der Waals surface area contributed by atoms with E-state index in [4.69, 9.17) is 47.4 Å². The van der Waals surface area contributed by atoms with Crippen molar-refractivity contribution in [2.45, 2.75) is 81.7 Å². The summed E-state index contributed by atoms with van der Waals surface area (Å²) >= 11 is 0. The molecule has 3 heterocycles. The van der Waals surface area contributed by atoms with Crippen molar-refractivity contribution < 1.29 is 47.4 Å². The number of ether oxygens (including phenoxy) is 10. The lowest BCUT2D eigenvalue weighted by Gasteiger charge is -2.45. The first-order valence-corrected chi connectivity index (χ1v) is 18.2. The SMILES string of the molecule is COc1ccc(C2OC[C@H]3O[C@@H](OCC[C@H]4O[C@H](OC)[C@H](OCc5ccccc5)[C@@H](OCc5ccccc5)[C@@H]4OCc4ccccc4)C=C[C@@H]3O2)cc1. The highest BCUT2D eigenvalue weighted by Gasteiger charge is 2.48. The third-order valence-electron chi connectivity index (χ3n) is 9.58. The van der Waals surface area contributed by atoms with Crippen molar-refractivity contribution in [3.05, 3.63) is 150 Å². The molecule has 0 radical (unpaired) electrons. The number of hydrogen-bond donors (Lipinski definition) is 0. The summed E-state index contributed by atoms with van der Waals surface area (Å²) in [7, 11) is 3.27. The lowest BCUT2D eigenvalue weighted by Crippen LogP contribution is -2.60. The molecular formula is C43H48O10. The van der Waals surface area contributed by atoms with E-state index in [1.807, 2.05) is 127 Å². The van der Waals surface area contributed by atoms with E-state index in [-0.39, 0.29) is 12.2 Å². The van der Waals surface area contributed by atoms with Crippen LogP contribution < -0.4 is 4.74 Å². The Morgan fingerprint density at radius 3 is 1.75 bits per heavy atom. The Kier molecular flexibility index (Phi) is 13.3. The van der Waals surface area contributed by atoms with E-state index in [1.54, 1.807) is 14.2 Å². The van der Waals surface area contributed by atoms with E-state index >= 15 is 0 Å². The van der Waals surface area contributed by atoms with Gasteiger partial charge in [0.2, 0.25) is 0 Å². The first-order valence-electron chi connectivity index (χ1n) is 18.2. The van der Waals surface area contributed by atoms with Gasteiger partial charge in [-0.3, -0.25) is 0 Å². The van der Waals surface area contributed by atoms with Crippen LogP contribution in [0.3, 0.4) is 0 Å². The highest BCUT2D eigenvalue weighted by Crippen LogP contribution is 2.34. The smallest absolute Gasteiger partial charge is 0.186 e. The summed E-state index contributed by atoms with van der Waals surface area (Å²) in [5, 5.41) is 0. The van der Waals surface area contributed by atoms with Crippen molar-refractivity contribution >= 4 is 0 Å². The maximum Gasteiger partial charge on any atom is 0.186 e. The number of rotatable bonds is 16. The van der Waals surface area contributed by atoms with Gasteiger partial charge in [0, 0.05) is 12.7 Å². The van der Waals surface area contributed by atoms with Crippen molar-refractivity contribution in [1.29, 1.82) is 0 Å². The topological polar surface area (TPSA) is 92.3 Å². The number of fused-ring (bicyclic) bond motifs is 1. The van der Waals surface area contributed by atoms with E-state index in [0.29, 0.717) is 39.5 Å². The highest BCUT2D eigenvalue weighted by molar-refractivity contribution is 5.28. The zero-order valence-electron chi connectivity index (χ0n) is 30.1. The summed E-state index contributed by atoms with van der Waals surface area (Å²) in [5.41, 5.74) is 4.04. The van der Waals surface area contributed by atoms with Gasteiger partial charge in [0.05, 0.1) is 46.2 Å². The van der Waals surface area contributed by atoms with Gasteiger partial charge in [0.25, 0.3) is 0 Å². The molecule has 0 amide bonds. The predicted molar refractivity (Wildman–Crippen MR) is 196 cm³/mol. The van der Waals surface area contributed by atoms with Crippen LogP contribution in [-0.4, -0.2) is 76.6 Å². The lowest BCUT2D eigenvalue weighted by molar-refractivity contribution is -0.321. The van der Waals surface area contributed by atoms with Crippen molar-refractivity contribution in [2.75, 3.05) is 27.4 Å². The molecule has 0 N–H and O–H groups in total. The second-order valence-electron chi connectivity index (χ2n) is 13.2. The molecule has 10 nitrogen and oxygen atoms in total. The first-order chi connectivity index (χ1) is 26.2. The first kappa shape index (κ1) is 37.4. The van der Waals surface area contributed by atoms with Crippen LogP contribution in [0.2, 0.25) is 0 Å². The summed E-state index contributed by atoms with van der Waals surface area (Å²) in [6.45, 7) is 1.80. The van der Waals surface area contributed by atoms with E-state index in [0.717, 1.165) is 28.0 Å². The zero-order valence-corrected chi connectivity index (χ0v) is 30.1. The maximum absolute atomic E-state index is 6.72. The highest BCUT2D eigenvalue weighted by atomic mass is 16.7. The molecule has 3 aliphatic heterocycles. The standard InChI is InChI=1S/C43H48O10/c1-44-34-20-18-33(19-21-34)42-50-29-37-35(52-42)22-23-38(51-37)46-25-24-36-39(47-26-30-12-6-3-7-13-30)40(48-27-31-14-8-4-9-15-31)41(43(45-2)53-36)49-28-32-16-10-5-11-17-32/h3-23,35-43H,24-29H2,1-2H3/t35-,36+,37+,38+,39+,40-,41+,42?,43-/m0/s1. The average molecular weight is 725 g/mol. The van der Waals surface area contributed by atoms with Crippen LogP contribution >= 0.6 is 0 Å². The fourth-order valence-corrected chi connectivity index (χ4v) is 6.75. The number of benzene rings is 4. The molecule has 4 aromatic carbocycles. The summed E-state index contributed by atoms with van der Waals surface area (Å²) < 4.78 is 62.6. The lowest BCUT2D eigenvalue weighted by atomic mass is 9.95. The Bertz CT molecular complexity index is 1670. The molecule has 3 aliphatic rings. The minimum atomic E-state index is -0.706. The predicted octanol–water partition coefficient (Wildman–Crippen LogP) is 6.92. The molecule has 2 saturated heterocycles. The van der Waals surface area contributed by atoms with E-state index in [1.165, 1.54) is 0 Å². The summed E-state index contributed by atoms with van der Waals surface area (Å²) in [4.78, 5) is 0. The second-order valence-corrected chi connectivity index (χ2v) is 13.2. The van der Waals surface area contributed by atoms with Gasteiger partial charge in [-0.05, 0) is 41.3 Å². The molecule has 0 spiro atoms. The molecule has 7 rings (SSSR count). The molecule has 53 heavy (non-hydrogen) atoms. The maximum atomic E-state index is 6.72. The minimum Gasteiger partial charge on any atom is -0.497 e. The molecule has 1 unspecified atom stereocenters. The molecule has 4 aromatic rings. The quantitative estimate of drug-likeness (QED) is 0.113. The average Bonchev–Trinajstić information content (AvgIpc) is 3.22. The Morgan fingerprint density at radius 1 is 0.585 bits per heavy atom.